The second-order valence-electron chi connectivity index (χ2n) is 38.0. The summed E-state index contributed by atoms with van der Waals surface area (Å²) in [6, 6.07) is 34.2. The van der Waals surface area contributed by atoms with Crippen molar-refractivity contribution >= 4 is 61.8 Å². The molecule has 1 aliphatic heterocycles. The van der Waals surface area contributed by atoms with E-state index < -0.39 is 45.5 Å². The number of halogens is 4. The number of hydrogen-bond acceptors (Lipinski definition) is 13. The molecule has 113 heavy (non-hydrogen) atoms. The number of phenols is 3. The quantitative estimate of drug-likeness (QED) is 0.0506. The minimum absolute atomic E-state index is 0.0351. The van der Waals surface area contributed by atoms with Crippen LogP contribution in [0.25, 0.3) is 0 Å². The lowest BCUT2D eigenvalue weighted by Crippen LogP contribution is -2.41. The molecule has 13 nitrogen and oxygen atoms in total. The molecule has 6 aliphatic carbocycles. The normalized spacial score (nSPS) is 19.0. The average molecular weight is 1640 g/mol. The molecule has 7 aromatic rings. The van der Waals surface area contributed by atoms with Gasteiger partial charge in [0.15, 0.2) is 28.9 Å². The molecule has 19 heteroatoms. The van der Waals surface area contributed by atoms with E-state index in [1.807, 2.05) is 102 Å². The Morgan fingerprint density at radius 3 is 1.20 bits per heavy atom. The molecule has 0 bridgehead atoms. The van der Waals surface area contributed by atoms with Crippen LogP contribution in [0.5, 0.6) is 28.7 Å². The highest BCUT2D eigenvalue weighted by Crippen LogP contribution is 2.47. The smallest absolute Gasteiger partial charge is 0.508 e. The van der Waals surface area contributed by atoms with Gasteiger partial charge in [-0.2, -0.15) is 21.6 Å². The zero-order valence-corrected chi connectivity index (χ0v) is 72.7. The van der Waals surface area contributed by atoms with E-state index in [-0.39, 0.29) is 50.3 Å². The van der Waals surface area contributed by atoms with Crippen molar-refractivity contribution < 1.29 is 74.3 Å². The number of carbonyl (C=O) groups is 4. The van der Waals surface area contributed by atoms with Gasteiger partial charge in [0.1, 0.15) is 29.6 Å². The van der Waals surface area contributed by atoms with E-state index in [1.54, 1.807) is 32.0 Å². The number of phenolic OH excluding ortho intramolecular Hbond substituents is 3. The van der Waals surface area contributed by atoms with E-state index in [9.17, 15) is 56.1 Å². The maximum absolute atomic E-state index is 12.5. The molecule has 0 saturated carbocycles. The maximum Gasteiger partial charge on any atom is 0.534 e. The van der Waals surface area contributed by atoms with E-state index in [1.165, 1.54) is 89.2 Å². The van der Waals surface area contributed by atoms with E-state index in [0.29, 0.717) is 52.9 Å². The van der Waals surface area contributed by atoms with Crippen molar-refractivity contribution in [1.29, 1.82) is 0 Å². The number of rotatable bonds is 10. The Morgan fingerprint density at radius 2 is 0.770 bits per heavy atom. The zero-order valence-electron chi connectivity index (χ0n) is 70.2. The summed E-state index contributed by atoms with van der Waals surface area (Å²) in [5.74, 6) is 0.696. The number of benzene rings is 7. The summed E-state index contributed by atoms with van der Waals surface area (Å²) >= 11 is 3.47. The van der Waals surface area contributed by atoms with E-state index in [4.69, 9.17) is 14.0 Å². The first kappa shape index (κ1) is 89.4. The summed E-state index contributed by atoms with van der Waals surface area (Å²) in [6.45, 7) is 41.3. The van der Waals surface area contributed by atoms with Gasteiger partial charge in [0.05, 0.1) is 32.4 Å². The van der Waals surface area contributed by atoms with Crippen LogP contribution in [0.2, 0.25) is 0 Å². The summed E-state index contributed by atoms with van der Waals surface area (Å²) in [5.41, 5.74) is 13.2. The Balaban J connectivity index is 0.000000158. The summed E-state index contributed by atoms with van der Waals surface area (Å²) in [4.78, 5) is 48.3. The Hall–Kier alpha value is -7.58. The highest BCUT2D eigenvalue weighted by atomic mass is 79.9. The van der Waals surface area contributed by atoms with Crippen molar-refractivity contribution in [2.24, 2.45) is 32.5 Å². The molecule has 1 saturated heterocycles. The molecule has 610 valence electrons. The van der Waals surface area contributed by atoms with Gasteiger partial charge in [0.25, 0.3) is 0 Å². The molecule has 7 aliphatic rings. The fourth-order valence-corrected chi connectivity index (χ4v) is 17.7. The number of ketones is 4. The second-order valence-corrected chi connectivity index (χ2v) is 40.4. The van der Waals surface area contributed by atoms with Crippen LogP contribution in [-0.4, -0.2) is 70.7 Å². The van der Waals surface area contributed by atoms with Crippen molar-refractivity contribution in [2.75, 3.05) is 0 Å². The highest BCUT2D eigenvalue weighted by Gasteiger charge is 2.53. The first-order valence-electron chi connectivity index (χ1n) is 39.9. The third-order valence-corrected chi connectivity index (χ3v) is 25.9. The molecule has 0 spiro atoms. The largest absolute Gasteiger partial charge is 0.534 e. The summed E-state index contributed by atoms with van der Waals surface area (Å²) in [5, 5.41) is 28.7. The molecule has 0 radical (unpaired) electrons. The number of hydrogen-bond donors (Lipinski definition) is 3. The Morgan fingerprint density at radius 1 is 0.425 bits per heavy atom. The number of alkyl halides is 3. The van der Waals surface area contributed by atoms with Crippen LogP contribution >= 0.6 is 15.9 Å². The van der Waals surface area contributed by atoms with Crippen molar-refractivity contribution in [3.63, 3.8) is 0 Å². The molecular weight excluding hydrogens is 1520 g/mol. The lowest BCUT2D eigenvalue weighted by atomic mass is 9.67. The fraction of sp³-hybridized carbons (Fsp3) is 0.511. The van der Waals surface area contributed by atoms with Crippen molar-refractivity contribution in [2.45, 2.75) is 277 Å². The first-order chi connectivity index (χ1) is 52.2. The average Bonchev–Trinajstić information content (AvgIpc) is 1.41. The third kappa shape index (κ3) is 22.1. The maximum atomic E-state index is 12.5. The Bertz CT molecular complexity index is 4820. The van der Waals surface area contributed by atoms with Crippen LogP contribution in [-0.2, 0) is 103 Å². The van der Waals surface area contributed by atoms with Crippen LogP contribution < -0.4 is 14.4 Å². The minimum atomic E-state index is -5.81. The zero-order chi connectivity index (χ0) is 83.7. The molecule has 1 heterocycles. The molecular formula is C94H119BBrF3O13S. The van der Waals surface area contributed by atoms with E-state index >= 15 is 0 Å². The van der Waals surface area contributed by atoms with Crippen LogP contribution in [0.3, 0.4) is 0 Å². The standard InChI is InChI=1S/C21H24O2.C20H29BO3.C15H17F3O4S.C14H18O2.C12H15BrO.C12H16O/c1-15(22)20-18-13-21(2,3)12-11-17(18)9-10-19(20)23-14-16-7-5-4-6-8-16;1-13(22)17-15-12-18(2,3)11-10-14(15)8-9-16(17)21-23-19(4,5)20(6,7)24-21;1-9(19)13-11-8-14(2,3)7-6-10(11)4-5-12(13)22-23(20,21)15(16,17)18;1-9(15)13-11-8-14(2,3)7-6-10(11)4-5-12(13)16;1-12(2)6-5-8-3-4-10(14)11(13)9(8)7-12;1-12(2)6-5-9-3-4-11(13)7-10(9)8-12/h4-10H,11-14H2,1-3H3;8-9H,10-12H2,1-7H3;4-5H,6-8H2,1-3H3;4-5,16H,6-8H2,1-3H3;3-4,14H,5-7H2,1-2H3;3-4,7,13H,5-6,8H2,1-2H3. The van der Waals surface area contributed by atoms with Crippen molar-refractivity contribution in [3.8, 4) is 28.7 Å². The lowest BCUT2D eigenvalue weighted by Gasteiger charge is -2.33. The number of carbonyl (C=O) groups excluding carboxylic acids is 4. The fourth-order valence-electron chi connectivity index (χ4n) is 16.7. The molecule has 7 aromatic carbocycles. The molecule has 0 unspecified atom stereocenters. The minimum Gasteiger partial charge on any atom is -0.508 e. The van der Waals surface area contributed by atoms with Crippen LogP contribution in [0, 0.1) is 32.5 Å². The number of ether oxygens (including phenoxy) is 1. The van der Waals surface area contributed by atoms with Gasteiger partial charge in [-0.15, -0.1) is 0 Å². The lowest BCUT2D eigenvalue weighted by molar-refractivity contribution is -0.0500. The van der Waals surface area contributed by atoms with E-state index in [0.717, 1.165) is 133 Å². The molecule has 0 amide bonds. The Kier molecular flexibility index (Phi) is 27.1. The second kappa shape index (κ2) is 34.3. The van der Waals surface area contributed by atoms with Gasteiger partial charge in [-0.1, -0.05) is 156 Å². The van der Waals surface area contributed by atoms with Gasteiger partial charge < -0.3 is 33.5 Å². The molecule has 14 rings (SSSR count). The predicted molar refractivity (Wildman–Crippen MR) is 448 cm³/mol. The predicted octanol–water partition coefficient (Wildman–Crippen LogP) is 22.0. The molecule has 3 N–H and O–H groups in total. The van der Waals surface area contributed by atoms with Gasteiger partial charge in [0, 0.05) is 5.56 Å². The first-order valence-corrected chi connectivity index (χ1v) is 42.1. The van der Waals surface area contributed by atoms with Gasteiger partial charge in [-0.3, -0.25) is 19.2 Å². The Labute approximate surface area is 678 Å². The van der Waals surface area contributed by atoms with Gasteiger partial charge in [-0.25, -0.2) is 0 Å². The summed E-state index contributed by atoms with van der Waals surface area (Å²) < 4.78 is 83.5. The third-order valence-electron chi connectivity index (χ3n) is 24.1. The molecule has 1 fully saturated rings. The number of fused-ring (bicyclic) bond motifs is 6. The number of aryl methyl sites for hydroxylation is 6. The monoisotopic (exact) mass is 1630 g/mol. The molecule has 0 aromatic heterocycles. The van der Waals surface area contributed by atoms with Gasteiger partial charge in [0.2, 0.25) is 0 Å². The van der Waals surface area contributed by atoms with Gasteiger partial charge in [-0.05, 0) is 334 Å². The van der Waals surface area contributed by atoms with E-state index in [2.05, 4.69) is 108 Å². The van der Waals surface area contributed by atoms with Crippen LogP contribution in [0.4, 0.5) is 13.2 Å². The van der Waals surface area contributed by atoms with Crippen molar-refractivity contribution in [1.82, 2.24) is 0 Å². The van der Waals surface area contributed by atoms with Gasteiger partial charge >= 0.3 is 22.7 Å². The summed E-state index contributed by atoms with van der Waals surface area (Å²) in [6.07, 6.45) is 18.2. The summed E-state index contributed by atoms with van der Waals surface area (Å²) in [7, 11) is -6.30. The number of Topliss-reactive ketones (excluding diaryl/α,β-unsaturated/α-hetero) is 4. The number of aromatic hydroxyl groups is 3. The molecule has 0 atom stereocenters. The van der Waals surface area contributed by atoms with Crippen LogP contribution in [0.1, 0.15) is 291 Å². The SMILES string of the molecule is CC(=O)c1c(B2OC(C)(C)C(C)(C)O2)ccc2c1CC(C)(C)CC2.CC(=O)c1c(O)ccc2c1CC(C)(C)CC2.CC(=O)c1c(OCc2ccccc2)ccc2c1CC(C)(C)CC2.CC(=O)c1c(OS(=O)(=O)C(F)(F)F)ccc2c1CC(C)(C)CC2.CC1(C)CCc2ccc(O)c(Br)c2C1.CC1(C)CCc2ccc(O)cc2C1. The van der Waals surface area contributed by atoms with Crippen LogP contribution in [0.15, 0.2) is 114 Å². The topological polar surface area (TPSA) is 200 Å². The highest BCUT2D eigenvalue weighted by molar-refractivity contribution is 9.10. The van der Waals surface area contributed by atoms with Crippen molar-refractivity contribution in [3.05, 3.63) is 208 Å².